The SMILES string of the molecule is C[C@H](NC(=O)C1=CC=CC1)C(=O)N1CCC[C@@H]1C(=O)Nc1ccncc1. The Labute approximate surface area is 152 Å². The summed E-state index contributed by atoms with van der Waals surface area (Å²) in [6, 6.07) is 2.19. The molecule has 2 heterocycles. The predicted molar refractivity (Wildman–Crippen MR) is 97.0 cm³/mol. The second-order valence-corrected chi connectivity index (χ2v) is 6.43. The number of allylic oxidation sites excluding steroid dienone is 3. The highest BCUT2D eigenvalue weighted by Gasteiger charge is 2.36. The second-order valence-electron chi connectivity index (χ2n) is 6.43. The van der Waals surface area contributed by atoms with Gasteiger partial charge in [-0.3, -0.25) is 19.4 Å². The van der Waals surface area contributed by atoms with E-state index in [1.807, 2.05) is 12.2 Å². The highest BCUT2D eigenvalue weighted by atomic mass is 16.2. The number of anilines is 1. The summed E-state index contributed by atoms with van der Waals surface area (Å²) < 4.78 is 0. The molecule has 1 aromatic rings. The lowest BCUT2D eigenvalue weighted by atomic mass is 10.1. The van der Waals surface area contributed by atoms with Crippen LogP contribution < -0.4 is 10.6 Å². The summed E-state index contributed by atoms with van der Waals surface area (Å²) in [6.07, 6.45) is 10.6. The average molecular weight is 354 g/mol. The van der Waals surface area contributed by atoms with Crippen LogP contribution in [0.5, 0.6) is 0 Å². The largest absolute Gasteiger partial charge is 0.341 e. The Bertz CT molecular complexity index is 757. The molecule has 3 amide bonds. The van der Waals surface area contributed by atoms with Crippen molar-refractivity contribution in [3.63, 3.8) is 0 Å². The van der Waals surface area contributed by atoms with Crippen LogP contribution in [0.4, 0.5) is 5.69 Å². The molecule has 1 aliphatic carbocycles. The average Bonchev–Trinajstić information content (AvgIpc) is 3.33. The molecule has 1 saturated heterocycles. The van der Waals surface area contributed by atoms with Crippen LogP contribution >= 0.6 is 0 Å². The summed E-state index contributed by atoms with van der Waals surface area (Å²) in [5, 5.41) is 5.54. The third-order valence-electron chi connectivity index (χ3n) is 4.57. The Kier molecular flexibility index (Phi) is 5.46. The minimum Gasteiger partial charge on any atom is -0.341 e. The van der Waals surface area contributed by atoms with Crippen molar-refractivity contribution in [3.05, 3.63) is 48.3 Å². The fraction of sp³-hybridized carbons (Fsp3) is 0.368. The van der Waals surface area contributed by atoms with Crippen molar-refractivity contribution in [2.75, 3.05) is 11.9 Å². The number of hydrogen-bond acceptors (Lipinski definition) is 4. The first-order chi connectivity index (χ1) is 12.6. The second kappa shape index (κ2) is 7.95. The summed E-state index contributed by atoms with van der Waals surface area (Å²) in [6.45, 7) is 2.16. The monoisotopic (exact) mass is 354 g/mol. The molecule has 2 atom stereocenters. The molecule has 7 heteroatoms. The van der Waals surface area contributed by atoms with Gasteiger partial charge in [0, 0.05) is 30.2 Å². The van der Waals surface area contributed by atoms with Crippen LogP contribution in [-0.4, -0.2) is 46.2 Å². The van der Waals surface area contributed by atoms with Crippen LogP contribution in [0.25, 0.3) is 0 Å². The topological polar surface area (TPSA) is 91.4 Å². The molecule has 1 fully saturated rings. The summed E-state index contributed by atoms with van der Waals surface area (Å²) in [5.74, 6) is -0.701. The highest BCUT2D eigenvalue weighted by molar-refractivity contribution is 6.00. The first-order valence-corrected chi connectivity index (χ1v) is 8.74. The number of rotatable bonds is 5. The lowest BCUT2D eigenvalue weighted by Crippen LogP contribution is -2.51. The maximum Gasteiger partial charge on any atom is 0.248 e. The van der Waals surface area contributed by atoms with E-state index in [2.05, 4.69) is 15.6 Å². The fourth-order valence-electron chi connectivity index (χ4n) is 3.18. The number of hydrogen-bond donors (Lipinski definition) is 2. The molecule has 0 radical (unpaired) electrons. The van der Waals surface area contributed by atoms with Crippen LogP contribution in [0, 0.1) is 0 Å². The third kappa shape index (κ3) is 3.99. The Morgan fingerprint density at radius 1 is 1.27 bits per heavy atom. The smallest absolute Gasteiger partial charge is 0.248 e. The zero-order valence-corrected chi connectivity index (χ0v) is 14.6. The van der Waals surface area contributed by atoms with Gasteiger partial charge in [-0.25, -0.2) is 0 Å². The van der Waals surface area contributed by atoms with Gasteiger partial charge in [0.05, 0.1) is 0 Å². The molecule has 1 aliphatic heterocycles. The van der Waals surface area contributed by atoms with E-state index in [1.165, 1.54) is 0 Å². The Hall–Kier alpha value is -2.96. The van der Waals surface area contributed by atoms with Crippen molar-refractivity contribution in [1.82, 2.24) is 15.2 Å². The van der Waals surface area contributed by atoms with Gasteiger partial charge in [0.2, 0.25) is 17.7 Å². The fourth-order valence-corrected chi connectivity index (χ4v) is 3.18. The minimum absolute atomic E-state index is 0.219. The van der Waals surface area contributed by atoms with Crippen molar-refractivity contribution < 1.29 is 14.4 Å². The number of pyridine rings is 1. The molecule has 3 rings (SSSR count). The van der Waals surface area contributed by atoms with E-state index in [4.69, 9.17) is 0 Å². The van der Waals surface area contributed by atoms with E-state index in [0.29, 0.717) is 30.6 Å². The standard InChI is InChI=1S/C19H22N4O3/c1-13(21-17(24)14-5-2-3-6-14)19(26)23-12-4-7-16(23)18(25)22-15-8-10-20-11-9-15/h2-3,5,8-11,13,16H,4,6-7,12H2,1H3,(H,21,24)(H,20,22,25)/t13-,16+/m0/s1. The van der Waals surface area contributed by atoms with Crippen LogP contribution in [0.3, 0.4) is 0 Å². The van der Waals surface area contributed by atoms with Crippen molar-refractivity contribution in [2.24, 2.45) is 0 Å². The van der Waals surface area contributed by atoms with E-state index in [0.717, 1.165) is 6.42 Å². The molecule has 0 spiro atoms. The van der Waals surface area contributed by atoms with Gasteiger partial charge in [0.15, 0.2) is 0 Å². The third-order valence-corrected chi connectivity index (χ3v) is 4.57. The molecule has 26 heavy (non-hydrogen) atoms. The lowest BCUT2D eigenvalue weighted by Gasteiger charge is -2.27. The molecule has 2 aliphatic rings. The molecule has 0 unspecified atom stereocenters. The van der Waals surface area contributed by atoms with E-state index in [-0.39, 0.29) is 17.7 Å². The maximum atomic E-state index is 12.7. The van der Waals surface area contributed by atoms with Gasteiger partial charge in [0.1, 0.15) is 12.1 Å². The maximum absolute atomic E-state index is 12.7. The zero-order chi connectivity index (χ0) is 18.5. The predicted octanol–water partition coefficient (Wildman–Crippen LogP) is 1.40. The normalized spacial score (nSPS) is 19.8. The van der Waals surface area contributed by atoms with Crippen LogP contribution in [-0.2, 0) is 14.4 Å². The van der Waals surface area contributed by atoms with E-state index < -0.39 is 12.1 Å². The number of carbonyl (C=O) groups excluding carboxylic acids is 3. The summed E-state index contributed by atoms with van der Waals surface area (Å²) in [7, 11) is 0. The van der Waals surface area contributed by atoms with E-state index >= 15 is 0 Å². The Morgan fingerprint density at radius 2 is 2.04 bits per heavy atom. The molecule has 7 nitrogen and oxygen atoms in total. The number of nitrogens with one attached hydrogen (secondary N) is 2. The number of nitrogens with zero attached hydrogens (tertiary/aromatic N) is 2. The van der Waals surface area contributed by atoms with Crippen molar-refractivity contribution in [2.45, 2.75) is 38.3 Å². The number of likely N-dealkylation sites (tertiary alicyclic amines) is 1. The minimum atomic E-state index is -0.682. The van der Waals surface area contributed by atoms with Crippen molar-refractivity contribution >= 4 is 23.4 Å². The van der Waals surface area contributed by atoms with Crippen molar-refractivity contribution in [3.8, 4) is 0 Å². The van der Waals surface area contributed by atoms with E-state index in [9.17, 15) is 14.4 Å². The Balaban J connectivity index is 1.60. The molecule has 0 bridgehead atoms. The quantitative estimate of drug-likeness (QED) is 0.836. The summed E-state index contributed by atoms with van der Waals surface area (Å²) in [4.78, 5) is 42.9. The summed E-state index contributed by atoms with van der Waals surface area (Å²) >= 11 is 0. The van der Waals surface area contributed by atoms with Crippen LogP contribution in [0.15, 0.2) is 48.3 Å². The molecule has 0 saturated carbocycles. The van der Waals surface area contributed by atoms with Crippen molar-refractivity contribution in [1.29, 1.82) is 0 Å². The van der Waals surface area contributed by atoms with Gasteiger partial charge in [0.25, 0.3) is 0 Å². The number of aromatic nitrogens is 1. The highest BCUT2D eigenvalue weighted by Crippen LogP contribution is 2.20. The number of amides is 3. The first kappa shape index (κ1) is 17.8. The van der Waals surface area contributed by atoms with Gasteiger partial charge in [-0.2, -0.15) is 0 Å². The lowest BCUT2D eigenvalue weighted by molar-refractivity contribution is -0.139. The summed E-state index contributed by atoms with van der Waals surface area (Å²) in [5.41, 5.74) is 1.28. The molecule has 136 valence electrons. The van der Waals surface area contributed by atoms with Gasteiger partial charge < -0.3 is 15.5 Å². The zero-order valence-electron chi connectivity index (χ0n) is 14.6. The van der Waals surface area contributed by atoms with Gasteiger partial charge in [-0.1, -0.05) is 18.2 Å². The number of carbonyl (C=O) groups is 3. The molecule has 2 N–H and O–H groups in total. The van der Waals surface area contributed by atoms with Gasteiger partial charge in [-0.15, -0.1) is 0 Å². The first-order valence-electron chi connectivity index (χ1n) is 8.74. The Morgan fingerprint density at radius 3 is 2.73 bits per heavy atom. The van der Waals surface area contributed by atoms with Crippen LogP contribution in [0.1, 0.15) is 26.2 Å². The molecule has 0 aromatic carbocycles. The van der Waals surface area contributed by atoms with E-state index in [1.54, 1.807) is 42.4 Å². The molecular formula is C19H22N4O3. The molecule has 1 aromatic heterocycles. The van der Waals surface area contributed by atoms with Crippen LogP contribution in [0.2, 0.25) is 0 Å². The van der Waals surface area contributed by atoms with Gasteiger partial charge >= 0.3 is 0 Å². The van der Waals surface area contributed by atoms with Gasteiger partial charge in [-0.05, 0) is 38.3 Å². The molecular weight excluding hydrogens is 332 g/mol.